The standard InChI is InChI=1S/C18H20BrN/c1-12-8-9-17(19)16(10-12)18(20)15-7-3-6-14(11-15)13-4-2-5-13/h3,6-11,13,18H,2,4-5,20H2,1H3. The van der Waals surface area contributed by atoms with Gasteiger partial charge in [0, 0.05) is 4.47 Å². The van der Waals surface area contributed by atoms with E-state index in [0.717, 1.165) is 16.0 Å². The molecule has 0 saturated heterocycles. The topological polar surface area (TPSA) is 26.0 Å². The number of halogens is 1. The van der Waals surface area contributed by atoms with Crippen molar-refractivity contribution in [2.45, 2.75) is 38.1 Å². The zero-order chi connectivity index (χ0) is 14.1. The van der Waals surface area contributed by atoms with Gasteiger partial charge in [-0.25, -0.2) is 0 Å². The SMILES string of the molecule is Cc1ccc(Br)c(C(N)c2cccc(C3CCC3)c2)c1. The van der Waals surface area contributed by atoms with Crippen molar-refractivity contribution in [3.63, 3.8) is 0 Å². The molecule has 2 N–H and O–H groups in total. The Morgan fingerprint density at radius 2 is 1.95 bits per heavy atom. The summed E-state index contributed by atoms with van der Waals surface area (Å²) in [5.41, 5.74) is 11.6. The van der Waals surface area contributed by atoms with E-state index in [1.54, 1.807) is 0 Å². The van der Waals surface area contributed by atoms with Crippen molar-refractivity contribution in [3.05, 3.63) is 69.2 Å². The van der Waals surface area contributed by atoms with Gasteiger partial charge in [0.1, 0.15) is 0 Å². The summed E-state index contributed by atoms with van der Waals surface area (Å²) in [6.45, 7) is 2.10. The summed E-state index contributed by atoms with van der Waals surface area (Å²) in [5.74, 6) is 0.753. The Balaban J connectivity index is 1.93. The molecular weight excluding hydrogens is 310 g/mol. The maximum absolute atomic E-state index is 6.48. The summed E-state index contributed by atoms with van der Waals surface area (Å²) in [6.07, 6.45) is 4.02. The van der Waals surface area contributed by atoms with E-state index in [-0.39, 0.29) is 6.04 Å². The monoisotopic (exact) mass is 329 g/mol. The molecule has 0 amide bonds. The molecule has 2 aromatic carbocycles. The second-order valence-corrected chi connectivity index (χ2v) is 6.65. The lowest BCUT2D eigenvalue weighted by Gasteiger charge is -2.27. The predicted octanol–water partition coefficient (Wildman–Crippen LogP) is 5.07. The molecule has 1 aliphatic carbocycles. The third kappa shape index (κ3) is 2.68. The highest BCUT2D eigenvalue weighted by Crippen LogP contribution is 2.37. The van der Waals surface area contributed by atoms with Gasteiger partial charge in [-0.1, -0.05) is 64.3 Å². The quantitative estimate of drug-likeness (QED) is 0.835. The first-order chi connectivity index (χ1) is 9.65. The van der Waals surface area contributed by atoms with Crippen LogP contribution in [0.5, 0.6) is 0 Å². The van der Waals surface area contributed by atoms with Crippen LogP contribution < -0.4 is 5.73 Å². The number of aryl methyl sites for hydroxylation is 1. The van der Waals surface area contributed by atoms with Gasteiger partial charge >= 0.3 is 0 Å². The van der Waals surface area contributed by atoms with E-state index in [1.807, 2.05) is 0 Å². The first-order valence-corrected chi connectivity index (χ1v) is 8.06. The van der Waals surface area contributed by atoms with Gasteiger partial charge in [-0.05, 0) is 48.4 Å². The van der Waals surface area contributed by atoms with Crippen LogP contribution in [0.3, 0.4) is 0 Å². The molecule has 0 spiro atoms. The molecule has 1 saturated carbocycles. The Morgan fingerprint density at radius 1 is 1.15 bits per heavy atom. The minimum Gasteiger partial charge on any atom is -0.320 e. The Bertz CT molecular complexity index is 617. The lowest BCUT2D eigenvalue weighted by Crippen LogP contribution is -2.14. The smallest absolute Gasteiger partial charge is 0.0563 e. The third-order valence-electron chi connectivity index (χ3n) is 4.33. The van der Waals surface area contributed by atoms with E-state index >= 15 is 0 Å². The average molecular weight is 330 g/mol. The van der Waals surface area contributed by atoms with Gasteiger partial charge in [0.15, 0.2) is 0 Å². The largest absolute Gasteiger partial charge is 0.320 e. The predicted molar refractivity (Wildman–Crippen MR) is 87.9 cm³/mol. The van der Waals surface area contributed by atoms with Crippen LogP contribution in [0.25, 0.3) is 0 Å². The molecule has 1 nitrogen and oxygen atoms in total. The molecule has 0 heterocycles. The maximum Gasteiger partial charge on any atom is 0.0563 e. The molecule has 1 unspecified atom stereocenters. The highest BCUT2D eigenvalue weighted by atomic mass is 79.9. The molecule has 104 valence electrons. The van der Waals surface area contributed by atoms with Gasteiger partial charge in [0.05, 0.1) is 6.04 Å². The summed E-state index contributed by atoms with van der Waals surface area (Å²) >= 11 is 3.62. The minimum atomic E-state index is -0.0655. The lowest BCUT2D eigenvalue weighted by molar-refractivity contribution is 0.419. The summed E-state index contributed by atoms with van der Waals surface area (Å²) in [7, 11) is 0. The first-order valence-electron chi connectivity index (χ1n) is 7.26. The normalized spacial score (nSPS) is 16.8. The summed E-state index contributed by atoms with van der Waals surface area (Å²) < 4.78 is 1.09. The van der Waals surface area contributed by atoms with E-state index in [2.05, 4.69) is 65.3 Å². The van der Waals surface area contributed by atoms with Crippen LogP contribution in [0.2, 0.25) is 0 Å². The van der Waals surface area contributed by atoms with Crippen molar-refractivity contribution in [1.82, 2.24) is 0 Å². The van der Waals surface area contributed by atoms with Gasteiger partial charge in [-0.3, -0.25) is 0 Å². The van der Waals surface area contributed by atoms with Crippen molar-refractivity contribution in [3.8, 4) is 0 Å². The van der Waals surface area contributed by atoms with Gasteiger partial charge in [-0.15, -0.1) is 0 Å². The lowest BCUT2D eigenvalue weighted by atomic mass is 9.79. The van der Waals surface area contributed by atoms with E-state index in [4.69, 9.17) is 5.73 Å². The minimum absolute atomic E-state index is 0.0655. The Morgan fingerprint density at radius 3 is 2.65 bits per heavy atom. The number of rotatable bonds is 3. The van der Waals surface area contributed by atoms with Crippen LogP contribution in [0.1, 0.15) is 53.5 Å². The van der Waals surface area contributed by atoms with Crippen molar-refractivity contribution >= 4 is 15.9 Å². The highest BCUT2D eigenvalue weighted by molar-refractivity contribution is 9.10. The van der Waals surface area contributed by atoms with Gasteiger partial charge in [0.25, 0.3) is 0 Å². The number of hydrogen-bond donors (Lipinski definition) is 1. The highest BCUT2D eigenvalue weighted by Gasteiger charge is 2.20. The molecule has 2 heteroatoms. The van der Waals surface area contributed by atoms with Gasteiger partial charge in [-0.2, -0.15) is 0 Å². The fourth-order valence-corrected chi connectivity index (χ4v) is 3.32. The summed E-state index contributed by atoms with van der Waals surface area (Å²) in [4.78, 5) is 0. The van der Waals surface area contributed by atoms with Crippen LogP contribution >= 0.6 is 15.9 Å². The second kappa shape index (κ2) is 5.71. The van der Waals surface area contributed by atoms with Crippen molar-refractivity contribution in [2.24, 2.45) is 5.73 Å². The molecule has 0 aliphatic heterocycles. The van der Waals surface area contributed by atoms with Crippen molar-refractivity contribution in [1.29, 1.82) is 0 Å². The Kier molecular flexibility index (Phi) is 3.95. The second-order valence-electron chi connectivity index (χ2n) is 5.80. The van der Waals surface area contributed by atoms with Crippen LogP contribution in [0.4, 0.5) is 0 Å². The summed E-state index contributed by atoms with van der Waals surface area (Å²) in [6, 6.07) is 15.1. The van der Waals surface area contributed by atoms with Crippen LogP contribution in [-0.2, 0) is 0 Å². The molecule has 0 radical (unpaired) electrons. The molecule has 2 aromatic rings. The van der Waals surface area contributed by atoms with Crippen molar-refractivity contribution < 1.29 is 0 Å². The van der Waals surface area contributed by atoms with Crippen LogP contribution in [0.15, 0.2) is 46.9 Å². The van der Waals surface area contributed by atoms with E-state index in [9.17, 15) is 0 Å². The Labute approximate surface area is 129 Å². The van der Waals surface area contributed by atoms with Gasteiger partial charge < -0.3 is 5.73 Å². The zero-order valence-corrected chi connectivity index (χ0v) is 13.4. The number of hydrogen-bond acceptors (Lipinski definition) is 1. The van der Waals surface area contributed by atoms with Crippen LogP contribution in [0, 0.1) is 6.92 Å². The van der Waals surface area contributed by atoms with E-state index in [0.29, 0.717) is 0 Å². The molecule has 0 bridgehead atoms. The molecule has 20 heavy (non-hydrogen) atoms. The average Bonchev–Trinajstić information content (AvgIpc) is 2.39. The number of nitrogens with two attached hydrogens (primary N) is 1. The van der Waals surface area contributed by atoms with E-state index < -0.39 is 0 Å². The maximum atomic E-state index is 6.48. The third-order valence-corrected chi connectivity index (χ3v) is 5.06. The van der Waals surface area contributed by atoms with Gasteiger partial charge in [0.2, 0.25) is 0 Å². The molecule has 1 atom stereocenters. The molecule has 1 aliphatic rings. The molecule has 3 rings (SSSR count). The molecule has 0 aromatic heterocycles. The molecule has 1 fully saturated rings. The Hall–Kier alpha value is -1.12. The molecular formula is C18H20BrN. The van der Waals surface area contributed by atoms with E-state index in [1.165, 1.54) is 36.0 Å². The first kappa shape index (κ1) is 13.8. The van der Waals surface area contributed by atoms with Crippen LogP contribution in [-0.4, -0.2) is 0 Å². The number of benzene rings is 2. The van der Waals surface area contributed by atoms with Crippen molar-refractivity contribution in [2.75, 3.05) is 0 Å². The fourth-order valence-electron chi connectivity index (χ4n) is 2.83. The summed E-state index contributed by atoms with van der Waals surface area (Å²) in [5, 5.41) is 0. The zero-order valence-electron chi connectivity index (χ0n) is 11.8. The fraction of sp³-hybridized carbons (Fsp3) is 0.333.